The fourth-order valence-corrected chi connectivity index (χ4v) is 8.77. The van der Waals surface area contributed by atoms with Gasteiger partial charge in [0.25, 0.3) is 0 Å². The minimum atomic E-state index is -1.21. The van der Waals surface area contributed by atoms with Gasteiger partial charge in [-0.05, 0) is 0 Å². The molecule has 1 unspecified atom stereocenters. The van der Waals surface area contributed by atoms with Crippen LogP contribution in [0.2, 0.25) is 10.1 Å². The third-order valence-corrected chi connectivity index (χ3v) is 9.71. The summed E-state index contributed by atoms with van der Waals surface area (Å²) in [5.74, 6) is 6.77. The van der Waals surface area contributed by atoms with Crippen LogP contribution in [0, 0.1) is 11.8 Å². The number of hydrogen-bond donors (Lipinski definition) is 0. The van der Waals surface area contributed by atoms with Crippen molar-refractivity contribution < 1.29 is 9.16 Å². The zero-order valence-corrected chi connectivity index (χ0v) is 23.0. The SMILES string of the molecule is CC(C)(OC[Se]c1ccccc1)C(C#Cc1ccccc1)O[Si](C(C)(C)C)C(C)(C)C. The van der Waals surface area contributed by atoms with Crippen molar-refractivity contribution in [3.63, 3.8) is 0 Å². The maximum atomic E-state index is 6.88. The molecule has 1 atom stereocenters. The average Bonchev–Trinajstić information content (AvgIpc) is 2.67. The van der Waals surface area contributed by atoms with Crippen LogP contribution in [0.3, 0.4) is 0 Å². The monoisotopic (exact) mass is 501 g/mol. The van der Waals surface area contributed by atoms with E-state index in [1.165, 1.54) is 4.46 Å². The molecule has 0 fully saturated rings. The van der Waals surface area contributed by atoms with Gasteiger partial charge in [0.05, 0.1) is 0 Å². The second-order valence-electron chi connectivity index (χ2n) is 10.3. The molecule has 31 heavy (non-hydrogen) atoms. The fourth-order valence-electron chi connectivity index (χ4n) is 3.45. The van der Waals surface area contributed by atoms with Gasteiger partial charge in [-0.1, -0.05) is 0 Å². The van der Waals surface area contributed by atoms with Crippen molar-refractivity contribution in [2.24, 2.45) is 0 Å². The maximum absolute atomic E-state index is 6.88. The Balaban J connectivity index is 2.25. The van der Waals surface area contributed by atoms with Crippen molar-refractivity contribution in [3.05, 3.63) is 66.2 Å². The van der Waals surface area contributed by atoms with Gasteiger partial charge in [0.1, 0.15) is 0 Å². The van der Waals surface area contributed by atoms with E-state index in [1.807, 2.05) is 30.3 Å². The van der Waals surface area contributed by atoms with Gasteiger partial charge in [-0.3, -0.25) is 0 Å². The Morgan fingerprint density at radius 2 is 1.32 bits per heavy atom. The van der Waals surface area contributed by atoms with Crippen molar-refractivity contribution in [2.45, 2.75) is 77.2 Å². The van der Waals surface area contributed by atoms with Gasteiger partial charge in [0, 0.05) is 0 Å². The normalized spacial score (nSPS) is 13.6. The first-order valence-corrected chi connectivity index (χ1v) is 14.3. The zero-order valence-electron chi connectivity index (χ0n) is 20.3. The van der Waals surface area contributed by atoms with E-state index < -0.39 is 14.6 Å². The second kappa shape index (κ2) is 11.0. The zero-order chi connectivity index (χ0) is 23.1. The summed E-state index contributed by atoms with van der Waals surface area (Å²) in [7, 11) is -1.21. The van der Waals surface area contributed by atoms with Crippen LogP contribution < -0.4 is 4.46 Å². The van der Waals surface area contributed by atoms with E-state index in [0.717, 1.165) is 5.56 Å². The van der Waals surface area contributed by atoms with Gasteiger partial charge >= 0.3 is 198 Å². The molecule has 0 bridgehead atoms. The van der Waals surface area contributed by atoms with Crippen LogP contribution >= 0.6 is 0 Å². The van der Waals surface area contributed by atoms with Crippen LogP contribution in [0.5, 0.6) is 0 Å². The number of hydrogen-bond acceptors (Lipinski definition) is 2. The van der Waals surface area contributed by atoms with Gasteiger partial charge < -0.3 is 0 Å². The van der Waals surface area contributed by atoms with Gasteiger partial charge in [-0.2, -0.15) is 0 Å². The minimum absolute atomic E-state index is 0.0830. The first-order valence-electron chi connectivity index (χ1n) is 10.8. The Morgan fingerprint density at radius 3 is 1.84 bits per heavy atom. The Bertz CT molecular complexity index is 841. The number of rotatable bonds is 7. The van der Waals surface area contributed by atoms with E-state index in [0.29, 0.717) is 5.51 Å². The summed E-state index contributed by atoms with van der Waals surface area (Å²) in [5, 5.41) is 0.166. The Morgan fingerprint density at radius 1 is 0.806 bits per heavy atom. The summed E-state index contributed by atoms with van der Waals surface area (Å²) in [4.78, 5) is 0. The van der Waals surface area contributed by atoms with Crippen LogP contribution in [0.25, 0.3) is 0 Å². The summed E-state index contributed by atoms with van der Waals surface area (Å²) >= 11 is 0.262. The van der Waals surface area contributed by atoms with E-state index in [-0.39, 0.29) is 31.1 Å². The quantitative estimate of drug-likeness (QED) is 0.354. The molecule has 0 aliphatic heterocycles. The first kappa shape index (κ1) is 25.9. The van der Waals surface area contributed by atoms with E-state index in [1.54, 1.807) is 0 Å². The number of ether oxygens (including phenoxy) is 1. The van der Waals surface area contributed by atoms with Crippen molar-refractivity contribution in [3.8, 4) is 11.8 Å². The molecule has 2 aromatic carbocycles. The van der Waals surface area contributed by atoms with Crippen LogP contribution in [0.15, 0.2) is 60.7 Å². The Hall–Kier alpha value is -1.34. The molecular weight excluding hydrogens is 463 g/mol. The van der Waals surface area contributed by atoms with Gasteiger partial charge in [-0.15, -0.1) is 0 Å². The molecule has 0 amide bonds. The van der Waals surface area contributed by atoms with Crippen molar-refractivity contribution in [1.82, 2.24) is 0 Å². The molecule has 1 radical (unpaired) electrons. The first-order chi connectivity index (χ1) is 14.4. The molecule has 4 heteroatoms. The third-order valence-electron chi connectivity index (χ3n) is 4.75. The predicted octanol–water partition coefficient (Wildman–Crippen LogP) is 5.80. The van der Waals surface area contributed by atoms with Gasteiger partial charge in [0.15, 0.2) is 0 Å². The topological polar surface area (TPSA) is 18.5 Å². The summed E-state index contributed by atoms with van der Waals surface area (Å²) in [6.07, 6.45) is -0.299. The summed E-state index contributed by atoms with van der Waals surface area (Å²) in [5.41, 5.74) is 1.19. The molecule has 0 saturated carbocycles. The number of benzene rings is 2. The molecule has 2 rings (SSSR count). The van der Waals surface area contributed by atoms with Crippen LogP contribution in [-0.4, -0.2) is 41.2 Å². The third kappa shape index (κ3) is 8.60. The summed E-state index contributed by atoms with van der Waals surface area (Å²) < 4.78 is 14.6. The van der Waals surface area contributed by atoms with Gasteiger partial charge in [-0.25, -0.2) is 0 Å². The molecule has 2 nitrogen and oxygen atoms in total. The Labute approximate surface area is 198 Å². The summed E-state index contributed by atoms with van der Waals surface area (Å²) in [6.45, 7) is 17.9. The molecule has 167 valence electrons. The van der Waals surface area contributed by atoms with E-state index in [2.05, 4.69) is 97.6 Å². The molecular formula is C27H37O2SeSi. The molecule has 2 aromatic rings. The fraction of sp³-hybridized carbons (Fsp3) is 0.481. The van der Waals surface area contributed by atoms with Crippen molar-refractivity contribution in [1.29, 1.82) is 0 Å². The standard InChI is InChI=1S/C27H37O2SeSi/c1-25(2,3)31(26(4,5)6)29-24(20-19-22-15-11-9-12-16-22)27(7,8)28-21-30-23-17-13-10-14-18-23/h9-18,24H,21H2,1-8H3. The van der Waals surface area contributed by atoms with E-state index >= 15 is 0 Å². The summed E-state index contributed by atoms with van der Waals surface area (Å²) in [6, 6.07) is 20.7. The van der Waals surface area contributed by atoms with Crippen LogP contribution in [-0.2, 0) is 9.16 Å². The second-order valence-corrected chi connectivity index (χ2v) is 16.3. The van der Waals surface area contributed by atoms with Crippen molar-refractivity contribution in [2.75, 3.05) is 5.51 Å². The molecule has 0 aliphatic rings. The molecule has 0 aliphatic carbocycles. The average molecular weight is 501 g/mol. The van der Waals surface area contributed by atoms with Gasteiger partial charge in [0.2, 0.25) is 0 Å². The predicted molar refractivity (Wildman–Crippen MR) is 135 cm³/mol. The van der Waals surface area contributed by atoms with E-state index in [9.17, 15) is 0 Å². The molecule has 0 heterocycles. The molecule has 0 aromatic heterocycles. The van der Waals surface area contributed by atoms with Crippen LogP contribution in [0.1, 0.15) is 61.0 Å². The molecule has 0 spiro atoms. The van der Waals surface area contributed by atoms with E-state index in [4.69, 9.17) is 9.16 Å². The Kier molecular flexibility index (Phi) is 9.19. The molecule has 0 saturated heterocycles. The molecule has 0 N–H and O–H groups in total. The van der Waals surface area contributed by atoms with Crippen LogP contribution in [0.4, 0.5) is 0 Å². The van der Waals surface area contributed by atoms with Crippen molar-refractivity contribution >= 4 is 28.5 Å².